The summed E-state index contributed by atoms with van der Waals surface area (Å²) in [4.78, 5) is 32.5. The average molecular weight is 394 g/mol. The number of carbonyl (C=O) groups excluding carboxylic acids is 2. The zero-order chi connectivity index (χ0) is 20.1. The third kappa shape index (κ3) is 4.67. The normalized spacial score (nSPS) is 17.0. The van der Waals surface area contributed by atoms with Crippen molar-refractivity contribution in [2.75, 3.05) is 36.0 Å². The summed E-state index contributed by atoms with van der Waals surface area (Å²) in [6.07, 6.45) is 6.52. The number of nitrogens with zero attached hydrogens (tertiary/aromatic N) is 3. The molecule has 0 aliphatic carbocycles. The van der Waals surface area contributed by atoms with Crippen molar-refractivity contribution < 1.29 is 14.3 Å². The Morgan fingerprint density at radius 1 is 1.00 bits per heavy atom. The molecule has 2 saturated heterocycles. The molecular weight excluding hydrogens is 368 g/mol. The molecule has 2 fully saturated rings. The first-order chi connectivity index (χ1) is 14.2. The number of carbonyl (C=O) groups is 2. The molecule has 2 aromatic rings. The maximum atomic E-state index is 12.4. The van der Waals surface area contributed by atoms with Crippen LogP contribution < -0.4 is 15.1 Å². The first-order valence-electron chi connectivity index (χ1n) is 10.2. The fourth-order valence-corrected chi connectivity index (χ4v) is 3.71. The van der Waals surface area contributed by atoms with Crippen LogP contribution >= 0.6 is 0 Å². The fourth-order valence-electron chi connectivity index (χ4n) is 3.71. The van der Waals surface area contributed by atoms with Crippen LogP contribution in [0, 0.1) is 0 Å². The number of hydrogen-bond donors (Lipinski definition) is 1. The van der Waals surface area contributed by atoms with Gasteiger partial charge in [0.05, 0.1) is 6.54 Å². The van der Waals surface area contributed by atoms with E-state index in [4.69, 9.17) is 4.74 Å². The predicted molar refractivity (Wildman–Crippen MR) is 111 cm³/mol. The van der Waals surface area contributed by atoms with E-state index < -0.39 is 0 Å². The molecule has 1 N–H and O–H groups in total. The molecule has 1 aromatic carbocycles. The number of amides is 2. The van der Waals surface area contributed by atoms with Crippen LogP contribution in [0.1, 0.15) is 41.6 Å². The van der Waals surface area contributed by atoms with Gasteiger partial charge in [-0.1, -0.05) is 18.9 Å². The molecule has 0 unspecified atom stereocenters. The lowest BCUT2D eigenvalue weighted by Gasteiger charge is -2.21. The first-order valence-corrected chi connectivity index (χ1v) is 10.2. The summed E-state index contributed by atoms with van der Waals surface area (Å²) >= 11 is 0. The largest absolute Gasteiger partial charge is 0.447 e. The topological polar surface area (TPSA) is 74.8 Å². The summed E-state index contributed by atoms with van der Waals surface area (Å²) in [7, 11) is 0. The van der Waals surface area contributed by atoms with E-state index in [1.807, 2.05) is 18.3 Å². The maximum absolute atomic E-state index is 12.4. The number of cyclic esters (lactones) is 1. The summed E-state index contributed by atoms with van der Waals surface area (Å²) in [5.74, 6) is 0.857. The van der Waals surface area contributed by atoms with Gasteiger partial charge in [-0.2, -0.15) is 0 Å². The lowest BCUT2D eigenvalue weighted by atomic mass is 10.1. The van der Waals surface area contributed by atoms with Crippen molar-refractivity contribution in [2.45, 2.75) is 32.2 Å². The highest BCUT2D eigenvalue weighted by atomic mass is 16.6. The van der Waals surface area contributed by atoms with Crippen LogP contribution in [0.4, 0.5) is 16.3 Å². The van der Waals surface area contributed by atoms with E-state index in [9.17, 15) is 9.59 Å². The standard InChI is InChI=1S/C22H26N4O3/c27-21(18-6-8-19(9-7-18)26-13-14-29-22(26)28)24-16-17-5-10-20(23-15-17)25-11-3-1-2-4-12-25/h5-10,15H,1-4,11-14,16H2,(H,24,27). The Balaban J connectivity index is 1.31. The van der Waals surface area contributed by atoms with E-state index in [-0.39, 0.29) is 12.0 Å². The van der Waals surface area contributed by atoms with Crippen LogP contribution in [0.25, 0.3) is 0 Å². The van der Waals surface area contributed by atoms with Crippen molar-refractivity contribution in [3.05, 3.63) is 53.7 Å². The molecule has 4 rings (SSSR count). The van der Waals surface area contributed by atoms with Crippen LogP contribution in [-0.4, -0.2) is 43.2 Å². The molecule has 2 aliphatic heterocycles. The molecule has 3 heterocycles. The van der Waals surface area contributed by atoms with Crippen molar-refractivity contribution in [2.24, 2.45) is 0 Å². The van der Waals surface area contributed by atoms with Gasteiger partial charge in [0.2, 0.25) is 0 Å². The Morgan fingerprint density at radius 2 is 1.76 bits per heavy atom. The van der Waals surface area contributed by atoms with Crippen LogP contribution in [0.3, 0.4) is 0 Å². The Kier molecular flexibility index (Phi) is 5.93. The molecule has 1 aromatic heterocycles. The van der Waals surface area contributed by atoms with E-state index in [1.54, 1.807) is 29.2 Å². The van der Waals surface area contributed by atoms with Gasteiger partial charge in [0.1, 0.15) is 12.4 Å². The van der Waals surface area contributed by atoms with Gasteiger partial charge in [-0.15, -0.1) is 0 Å². The number of rotatable bonds is 5. The van der Waals surface area contributed by atoms with Crippen molar-refractivity contribution in [1.29, 1.82) is 0 Å². The van der Waals surface area contributed by atoms with Gasteiger partial charge in [0.15, 0.2) is 0 Å². The quantitative estimate of drug-likeness (QED) is 0.842. The molecule has 0 spiro atoms. The predicted octanol–water partition coefficient (Wildman–Crippen LogP) is 3.35. The number of hydrogen-bond acceptors (Lipinski definition) is 5. The monoisotopic (exact) mass is 394 g/mol. The van der Waals surface area contributed by atoms with Crippen LogP contribution in [0.5, 0.6) is 0 Å². The fraction of sp³-hybridized carbons (Fsp3) is 0.409. The molecule has 0 saturated carbocycles. The van der Waals surface area contributed by atoms with Gasteiger partial charge >= 0.3 is 6.09 Å². The highest BCUT2D eigenvalue weighted by Gasteiger charge is 2.23. The van der Waals surface area contributed by atoms with Gasteiger partial charge in [-0.25, -0.2) is 9.78 Å². The molecule has 2 aliphatic rings. The molecule has 2 amide bonds. The Hall–Kier alpha value is -3.09. The zero-order valence-corrected chi connectivity index (χ0v) is 16.5. The molecule has 152 valence electrons. The van der Waals surface area contributed by atoms with Gasteiger partial charge in [-0.05, 0) is 48.7 Å². The van der Waals surface area contributed by atoms with Gasteiger partial charge in [0.25, 0.3) is 5.91 Å². The summed E-state index contributed by atoms with van der Waals surface area (Å²) in [6.45, 7) is 3.48. The van der Waals surface area contributed by atoms with E-state index in [1.165, 1.54) is 25.7 Å². The number of ether oxygens (including phenoxy) is 1. The Bertz CT molecular complexity index is 843. The van der Waals surface area contributed by atoms with Crippen LogP contribution in [0.15, 0.2) is 42.6 Å². The Morgan fingerprint density at radius 3 is 2.38 bits per heavy atom. The minimum atomic E-state index is -0.349. The highest BCUT2D eigenvalue weighted by Crippen LogP contribution is 2.20. The van der Waals surface area contributed by atoms with Crippen LogP contribution in [-0.2, 0) is 11.3 Å². The van der Waals surface area contributed by atoms with E-state index in [0.717, 1.165) is 30.2 Å². The minimum absolute atomic E-state index is 0.155. The number of anilines is 2. The van der Waals surface area contributed by atoms with Crippen molar-refractivity contribution in [3.8, 4) is 0 Å². The number of pyridine rings is 1. The van der Waals surface area contributed by atoms with E-state index in [0.29, 0.717) is 25.3 Å². The second-order valence-electron chi connectivity index (χ2n) is 7.42. The first kappa shape index (κ1) is 19.2. The summed E-state index contributed by atoms with van der Waals surface area (Å²) in [5.41, 5.74) is 2.25. The van der Waals surface area contributed by atoms with Crippen molar-refractivity contribution in [3.63, 3.8) is 0 Å². The highest BCUT2D eigenvalue weighted by molar-refractivity contribution is 5.95. The number of benzene rings is 1. The van der Waals surface area contributed by atoms with E-state index in [2.05, 4.69) is 15.2 Å². The summed E-state index contributed by atoms with van der Waals surface area (Å²) < 4.78 is 4.94. The average Bonchev–Trinajstić information content (AvgIpc) is 3.01. The van der Waals surface area contributed by atoms with Gasteiger partial charge in [0, 0.05) is 37.1 Å². The summed E-state index contributed by atoms with van der Waals surface area (Å²) in [6, 6.07) is 11.0. The second kappa shape index (κ2) is 8.94. The zero-order valence-electron chi connectivity index (χ0n) is 16.5. The molecule has 0 bridgehead atoms. The maximum Gasteiger partial charge on any atom is 0.414 e. The lowest BCUT2D eigenvalue weighted by molar-refractivity contribution is 0.0951. The molecule has 0 atom stereocenters. The molecule has 7 nitrogen and oxygen atoms in total. The van der Waals surface area contributed by atoms with Gasteiger partial charge in [-0.3, -0.25) is 9.69 Å². The van der Waals surface area contributed by atoms with Gasteiger partial charge < -0.3 is 15.0 Å². The smallest absolute Gasteiger partial charge is 0.414 e. The molecule has 0 radical (unpaired) electrons. The molecule has 7 heteroatoms. The Labute approximate surface area is 170 Å². The number of aromatic nitrogens is 1. The molecular formula is C22H26N4O3. The van der Waals surface area contributed by atoms with Crippen molar-refractivity contribution in [1.82, 2.24) is 10.3 Å². The van der Waals surface area contributed by atoms with Crippen LogP contribution in [0.2, 0.25) is 0 Å². The lowest BCUT2D eigenvalue weighted by Crippen LogP contribution is -2.25. The third-order valence-electron chi connectivity index (χ3n) is 5.39. The SMILES string of the molecule is O=C(NCc1ccc(N2CCCCCC2)nc1)c1ccc(N2CCOC2=O)cc1. The minimum Gasteiger partial charge on any atom is -0.447 e. The summed E-state index contributed by atoms with van der Waals surface area (Å²) in [5, 5.41) is 2.92. The number of nitrogens with one attached hydrogen (secondary N) is 1. The molecule has 29 heavy (non-hydrogen) atoms. The third-order valence-corrected chi connectivity index (χ3v) is 5.39. The van der Waals surface area contributed by atoms with Crippen molar-refractivity contribution >= 4 is 23.5 Å². The second-order valence-corrected chi connectivity index (χ2v) is 7.42. The van der Waals surface area contributed by atoms with E-state index >= 15 is 0 Å².